The first-order valence-electron chi connectivity index (χ1n) is 8.52. The fourth-order valence-electron chi connectivity index (χ4n) is 2.65. The molecule has 26 heavy (non-hydrogen) atoms. The van der Waals surface area contributed by atoms with Gasteiger partial charge < -0.3 is 9.84 Å². The van der Waals surface area contributed by atoms with Crippen LogP contribution in [0.1, 0.15) is 5.56 Å². The maximum atomic E-state index is 5.36. The molecule has 0 radical (unpaired) electrons. The van der Waals surface area contributed by atoms with E-state index in [1.54, 1.807) is 6.20 Å². The summed E-state index contributed by atoms with van der Waals surface area (Å²) in [5.74, 6) is 1.87. The fourth-order valence-corrected chi connectivity index (χ4v) is 2.65. The van der Waals surface area contributed by atoms with Crippen LogP contribution in [0.15, 0.2) is 83.5 Å². The largest absolute Gasteiger partial charge is 0.370 e. The lowest BCUT2D eigenvalue weighted by molar-refractivity contribution is 0.432. The second kappa shape index (κ2) is 7.61. The molecule has 128 valence electrons. The third-order valence-corrected chi connectivity index (χ3v) is 4.03. The van der Waals surface area contributed by atoms with Crippen molar-refractivity contribution < 1.29 is 4.52 Å². The SMILES string of the molecule is c1ccc(CCNc2ccc(-c3nc(-c4ccccc4)no3)cn2)cc1. The van der Waals surface area contributed by atoms with Crippen molar-refractivity contribution in [3.8, 4) is 22.8 Å². The Balaban J connectivity index is 1.39. The fraction of sp³-hybridized carbons (Fsp3) is 0.0952. The van der Waals surface area contributed by atoms with Gasteiger partial charge in [-0.25, -0.2) is 4.98 Å². The van der Waals surface area contributed by atoms with Crippen LogP contribution in [0, 0.1) is 0 Å². The van der Waals surface area contributed by atoms with Crippen LogP contribution in [0.4, 0.5) is 5.82 Å². The molecule has 0 unspecified atom stereocenters. The maximum absolute atomic E-state index is 5.36. The van der Waals surface area contributed by atoms with Crippen LogP contribution in [0.2, 0.25) is 0 Å². The summed E-state index contributed by atoms with van der Waals surface area (Å²) in [6.45, 7) is 0.828. The van der Waals surface area contributed by atoms with Crippen molar-refractivity contribution in [2.75, 3.05) is 11.9 Å². The number of aromatic nitrogens is 3. The van der Waals surface area contributed by atoms with E-state index < -0.39 is 0 Å². The molecule has 0 spiro atoms. The first kappa shape index (κ1) is 16.0. The molecule has 2 heterocycles. The van der Waals surface area contributed by atoms with Crippen molar-refractivity contribution in [3.05, 3.63) is 84.6 Å². The summed E-state index contributed by atoms with van der Waals surface area (Å²) in [6.07, 6.45) is 2.70. The highest BCUT2D eigenvalue weighted by Gasteiger charge is 2.10. The minimum atomic E-state index is 0.465. The van der Waals surface area contributed by atoms with E-state index in [0.29, 0.717) is 11.7 Å². The van der Waals surface area contributed by atoms with Gasteiger partial charge >= 0.3 is 0 Å². The van der Waals surface area contributed by atoms with Gasteiger partial charge in [-0.1, -0.05) is 65.8 Å². The number of nitrogens with zero attached hydrogens (tertiary/aromatic N) is 3. The third kappa shape index (κ3) is 3.78. The quantitative estimate of drug-likeness (QED) is 0.561. The zero-order valence-corrected chi connectivity index (χ0v) is 14.2. The monoisotopic (exact) mass is 342 g/mol. The van der Waals surface area contributed by atoms with E-state index in [-0.39, 0.29) is 0 Å². The Kier molecular flexibility index (Phi) is 4.69. The molecule has 0 aliphatic rings. The Morgan fingerprint density at radius 1 is 0.808 bits per heavy atom. The van der Waals surface area contributed by atoms with E-state index in [1.807, 2.05) is 48.5 Å². The van der Waals surface area contributed by atoms with Crippen molar-refractivity contribution >= 4 is 5.82 Å². The Morgan fingerprint density at radius 3 is 2.31 bits per heavy atom. The molecular formula is C21H18N4O. The number of hydrogen-bond donors (Lipinski definition) is 1. The van der Waals surface area contributed by atoms with E-state index in [0.717, 1.165) is 29.9 Å². The number of rotatable bonds is 6. The van der Waals surface area contributed by atoms with Gasteiger partial charge in [0.1, 0.15) is 5.82 Å². The zero-order valence-electron chi connectivity index (χ0n) is 14.2. The normalized spacial score (nSPS) is 10.6. The van der Waals surface area contributed by atoms with E-state index in [4.69, 9.17) is 4.52 Å². The Morgan fingerprint density at radius 2 is 1.58 bits per heavy atom. The second-order valence-corrected chi connectivity index (χ2v) is 5.88. The predicted octanol–water partition coefficient (Wildman–Crippen LogP) is 4.45. The van der Waals surface area contributed by atoms with E-state index in [1.165, 1.54) is 5.56 Å². The highest BCUT2D eigenvalue weighted by Crippen LogP contribution is 2.22. The number of anilines is 1. The van der Waals surface area contributed by atoms with Gasteiger partial charge in [0.15, 0.2) is 0 Å². The summed E-state index contributed by atoms with van der Waals surface area (Å²) in [4.78, 5) is 8.87. The molecule has 0 fully saturated rings. The van der Waals surface area contributed by atoms with Crippen molar-refractivity contribution in [1.82, 2.24) is 15.1 Å². The van der Waals surface area contributed by atoms with Crippen LogP contribution in [0.5, 0.6) is 0 Å². The molecule has 0 amide bonds. The summed E-state index contributed by atoms with van der Waals surface area (Å²) in [5, 5.41) is 7.36. The molecule has 5 nitrogen and oxygen atoms in total. The van der Waals surface area contributed by atoms with Crippen molar-refractivity contribution in [2.24, 2.45) is 0 Å². The number of benzene rings is 2. The number of pyridine rings is 1. The van der Waals surface area contributed by atoms with Crippen LogP contribution in [0.25, 0.3) is 22.8 Å². The van der Waals surface area contributed by atoms with Gasteiger partial charge in [-0.3, -0.25) is 0 Å². The molecule has 4 rings (SSSR count). The second-order valence-electron chi connectivity index (χ2n) is 5.88. The van der Waals surface area contributed by atoms with Crippen LogP contribution < -0.4 is 5.32 Å². The molecule has 0 aliphatic carbocycles. The summed E-state index contributed by atoms with van der Waals surface area (Å²) < 4.78 is 5.36. The van der Waals surface area contributed by atoms with Gasteiger partial charge in [0, 0.05) is 18.3 Å². The van der Waals surface area contributed by atoms with Gasteiger partial charge in [0.25, 0.3) is 5.89 Å². The average Bonchev–Trinajstić information content (AvgIpc) is 3.20. The lowest BCUT2D eigenvalue weighted by atomic mass is 10.1. The van der Waals surface area contributed by atoms with E-state index in [2.05, 4.69) is 44.7 Å². The topological polar surface area (TPSA) is 63.8 Å². The minimum Gasteiger partial charge on any atom is -0.370 e. The number of nitrogens with one attached hydrogen (secondary N) is 1. The third-order valence-electron chi connectivity index (χ3n) is 4.03. The predicted molar refractivity (Wildman–Crippen MR) is 102 cm³/mol. The van der Waals surface area contributed by atoms with Crippen molar-refractivity contribution in [1.29, 1.82) is 0 Å². The molecule has 1 N–H and O–H groups in total. The maximum Gasteiger partial charge on any atom is 0.259 e. The first-order valence-corrected chi connectivity index (χ1v) is 8.52. The van der Waals surface area contributed by atoms with Crippen LogP contribution in [-0.4, -0.2) is 21.7 Å². The van der Waals surface area contributed by atoms with Gasteiger partial charge in [-0.15, -0.1) is 0 Å². The Bertz CT molecular complexity index is 950. The van der Waals surface area contributed by atoms with Crippen molar-refractivity contribution in [2.45, 2.75) is 6.42 Å². The van der Waals surface area contributed by atoms with Gasteiger partial charge in [-0.2, -0.15) is 4.98 Å². The van der Waals surface area contributed by atoms with E-state index >= 15 is 0 Å². The molecule has 0 bridgehead atoms. The van der Waals surface area contributed by atoms with Crippen LogP contribution >= 0.6 is 0 Å². The van der Waals surface area contributed by atoms with Crippen LogP contribution in [-0.2, 0) is 6.42 Å². The zero-order chi connectivity index (χ0) is 17.6. The average molecular weight is 342 g/mol. The lowest BCUT2D eigenvalue weighted by Crippen LogP contribution is -2.05. The summed E-state index contributed by atoms with van der Waals surface area (Å²) in [5.41, 5.74) is 3.03. The summed E-state index contributed by atoms with van der Waals surface area (Å²) >= 11 is 0. The first-order chi connectivity index (χ1) is 12.9. The molecule has 2 aromatic heterocycles. The Hall–Kier alpha value is -3.47. The summed E-state index contributed by atoms with van der Waals surface area (Å²) in [7, 11) is 0. The molecule has 0 saturated carbocycles. The van der Waals surface area contributed by atoms with Crippen LogP contribution in [0.3, 0.4) is 0 Å². The highest BCUT2D eigenvalue weighted by atomic mass is 16.5. The highest BCUT2D eigenvalue weighted by molar-refractivity contribution is 5.59. The van der Waals surface area contributed by atoms with E-state index in [9.17, 15) is 0 Å². The molecule has 0 aliphatic heterocycles. The molecule has 5 heteroatoms. The molecule has 2 aromatic carbocycles. The summed E-state index contributed by atoms with van der Waals surface area (Å²) in [6, 6.07) is 24.0. The standard InChI is InChI=1S/C21H18N4O/c1-3-7-16(8-4-1)13-14-22-19-12-11-18(15-23-19)21-24-20(25-26-21)17-9-5-2-6-10-17/h1-12,15H,13-14H2,(H,22,23). The Labute approximate surface area is 151 Å². The minimum absolute atomic E-state index is 0.465. The van der Waals surface area contributed by atoms with Gasteiger partial charge in [0.2, 0.25) is 5.82 Å². The molecule has 0 saturated heterocycles. The van der Waals surface area contributed by atoms with Gasteiger partial charge in [-0.05, 0) is 24.1 Å². The molecular weight excluding hydrogens is 324 g/mol. The van der Waals surface area contributed by atoms with Crippen molar-refractivity contribution in [3.63, 3.8) is 0 Å². The molecule has 0 atom stereocenters. The smallest absolute Gasteiger partial charge is 0.259 e. The molecule has 4 aromatic rings. The van der Waals surface area contributed by atoms with Gasteiger partial charge in [0.05, 0.1) is 5.56 Å². The number of hydrogen-bond acceptors (Lipinski definition) is 5. The lowest BCUT2D eigenvalue weighted by Gasteiger charge is -2.05.